The number of rotatable bonds is 4. The highest BCUT2D eigenvalue weighted by Crippen LogP contribution is 2.43. The molecule has 1 aliphatic rings. The van der Waals surface area contributed by atoms with Crippen LogP contribution in [0.4, 0.5) is 0 Å². The molecule has 0 spiro atoms. The largest absolute Gasteiger partial charge is 0.467 e. The summed E-state index contributed by atoms with van der Waals surface area (Å²) in [7, 11) is 2.98. The van der Waals surface area contributed by atoms with Crippen LogP contribution >= 0.6 is 0 Å². The zero-order valence-electron chi connectivity index (χ0n) is 14.9. The van der Waals surface area contributed by atoms with E-state index in [0.717, 1.165) is 22.2 Å². The lowest BCUT2D eigenvalue weighted by molar-refractivity contribution is -0.168. The quantitative estimate of drug-likeness (QED) is 0.667. The Morgan fingerprint density at radius 2 is 1.81 bits per heavy atom. The summed E-state index contributed by atoms with van der Waals surface area (Å²) in [5.74, 6) is -0.372. The molecule has 4 heteroatoms. The third-order valence-corrected chi connectivity index (χ3v) is 5.13. The van der Waals surface area contributed by atoms with Crippen LogP contribution in [-0.2, 0) is 26.4 Å². The summed E-state index contributed by atoms with van der Waals surface area (Å²) in [6.07, 6.45) is 4.52. The molecule has 0 saturated carbocycles. The summed E-state index contributed by atoms with van der Waals surface area (Å²) >= 11 is 0. The predicted octanol–water partition coefficient (Wildman–Crippen LogP) is 4.12. The molecule has 4 rings (SSSR count). The second-order valence-electron chi connectivity index (χ2n) is 6.48. The minimum atomic E-state index is -1.13. The van der Waals surface area contributed by atoms with Gasteiger partial charge in [-0.05, 0) is 11.6 Å². The highest BCUT2D eigenvalue weighted by atomic mass is 16.6. The second kappa shape index (κ2) is 6.46. The molecular weight excluding hydrogens is 326 g/mol. The number of ether oxygens (including phenoxy) is 2. The Kier molecular flexibility index (Phi) is 4.13. The number of carbonyl (C=O) groups excluding carboxylic acids is 1. The molecule has 4 nitrogen and oxygen atoms in total. The number of fused-ring (bicyclic) bond motifs is 3. The molecule has 1 heterocycles. The minimum absolute atomic E-state index is 0.372. The van der Waals surface area contributed by atoms with Gasteiger partial charge in [0.05, 0.1) is 12.8 Å². The summed E-state index contributed by atoms with van der Waals surface area (Å²) < 4.78 is 13.1. The highest BCUT2D eigenvalue weighted by Gasteiger charge is 2.47. The zero-order valence-corrected chi connectivity index (χ0v) is 14.9. The molecule has 0 N–H and O–H groups in total. The number of nitrogens with zero attached hydrogens (tertiary/aromatic N) is 1. The molecule has 132 valence electrons. The third kappa shape index (κ3) is 2.37. The van der Waals surface area contributed by atoms with E-state index in [0.29, 0.717) is 13.0 Å². The van der Waals surface area contributed by atoms with Crippen LogP contribution in [0.3, 0.4) is 0 Å². The fraction of sp³-hybridized carbons (Fsp3) is 0.227. The Hall–Kier alpha value is -2.85. The smallest absolute Gasteiger partial charge is 0.344 e. The van der Waals surface area contributed by atoms with Crippen molar-refractivity contribution in [2.75, 3.05) is 14.2 Å². The lowest BCUT2D eigenvalue weighted by Crippen LogP contribution is -2.42. The molecule has 2 aromatic carbocycles. The first-order chi connectivity index (χ1) is 12.7. The zero-order chi connectivity index (χ0) is 18.1. The van der Waals surface area contributed by atoms with Crippen molar-refractivity contribution in [1.82, 2.24) is 4.57 Å². The molecule has 0 amide bonds. The van der Waals surface area contributed by atoms with E-state index in [-0.39, 0.29) is 5.97 Å². The predicted molar refractivity (Wildman–Crippen MR) is 102 cm³/mol. The van der Waals surface area contributed by atoms with Gasteiger partial charge in [0.15, 0.2) is 0 Å². The minimum Gasteiger partial charge on any atom is -0.467 e. The number of esters is 1. The number of methoxy groups -OCH3 is 2. The van der Waals surface area contributed by atoms with Gasteiger partial charge in [-0.25, -0.2) is 4.79 Å². The van der Waals surface area contributed by atoms with E-state index < -0.39 is 5.60 Å². The topological polar surface area (TPSA) is 40.5 Å². The number of hydrogen-bond donors (Lipinski definition) is 0. The van der Waals surface area contributed by atoms with Crippen molar-refractivity contribution in [3.05, 3.63) is 77.5 Å². The maximum Gasteiger partial charge on any atom is 0.344 e. The monoisotopic (exact) mass is 347 g/mol. The average molecular weight is 347 g/mol. The Balaban J connectivity index is 2.02. The average Bonchev–Trinajstić information content (AvgIpc) is 3.02. The van der Waals surface area contributed by atoms with Crippen LogP contribution in [0.25, 0.3) is 17.0 Å². The standard InChI is InChI=1S/C22H21NO3/c1-25-21(24)22(26-2)14-8-12-18-17-11-6-7-13-19(17)23(20(18)22)15-16-9-4-3-5-10-16/h3-13H,14-15H2,1-2H3. The van der Waals surface area contributed by atoms with Gasteiger partial charge in [0.1, 0.15) is 0 Å². The van der Waals surface area contributed by atoms with E-state index in [1.807, 2.05) is 36.4 Å². The van der Waals surface area contributed by atoms with E-state index in [4.69, 9.17) is 9.47 Å². The summed E-state index contributed by atoms with van der Waals surface area (Å²) in [5, 5.41) is 1.11. The van der Waals surface area contributed by atoms with E-state index in [2.05, 4.69) is 34.9 Å². The van der Waals surface area contributed by atoms with Crippen molar-refractivity contribution in [2.24, 2.45) is 0 Å². The van der Waals surface area contributed by atoms with Gasteiger partial charge < -0.3 is 14.0 Å². The van der Waals surface area contributed by atoms with E-state index >= 15 is 0 Å². The van der Waals surface area contributed by atoms with Crippen LogP contribution in [-0.4, -0.2) is 24.8 Å². The fourth-order valence-electron chi connectivity index (χ4n) is 3.91. The summed E-state index contributed by atoms with van der Waals surface area (Å²) in [5.41, 5.74) is 3.00. The fourth-order valence-corrected chi connectivity index (χ4v) is 3.91. The van der Waals surface area contributed by atoms with Crippen LogP contribution in [0.2, 0.25) is 0 Å². The van der Waals surface area contributed by atoms with Crippen LogP contribution < -0.4 is 0 Å². The van der Waals surface area contributed by atoms with Crippen molar-refractivity contribution in [2.45, 2.75) is 18.6 Å². The number of benzene rings is 2. The molecule has 1 unspecified atom stereocenters. The van der Waals surface area contributed by atoms with Crippen molar-refractivity contribution in [1.29, 1.82) is 0 Å². The van der Waals surface area contributed by atoms with Crippen LogP contribution in [0.5, 0.6) is 0 Å². The maximum atomic E-state index is 12.8. The van der Waals surface area contributed by atoms with Crippen LogP contribution in [0.1, 0.15) is 23.2 Å². The molecule has 26 heavy (non-hydrogen) atoms. The Labute approximate surface area is 152 Å². The van der Waals surface area contributed by atoms with Crippen molar-refractivity contribution >= 4 is 22.9 Å². The number of para-hydroxylation sites is 1. The molecular formula is C22H21NO3. The van der Waals surface area contributed by atoms with Crippen LogP contribution in [0.15, 0.2) is 60.7 Å². The molecule has 0 bridgehead atoms. The lowest BCUT2D eigenvalue weighted by atomic mass is 9.86. The maximum absolute atomic E-state index is 12.8. The molecule has 3 aromatic rings. The van der Waals surface area contributed by atoms with Gasteiger partial charge in [-0.15, -0.1) is 0 Å². The van der Waals surface area contributed by atoms with Gasteiger partial charge in [0.2, 0.25) is 5.60 Å². The SMILES string of the molecule is COC(=O)C1(OC)CC=Cc2c1n(Cc1ccccc1)c1ccccc21. The van der Waals surface area contributed by atoms with Gasteiger partial charge in [0, 0.05) is 36.5 Å². The summed E-state index contributed by atoms with van der Waals surface area (Å²) in [6.45, 7) is 0.659. The van der Waals surface area contributed by atoms with E-state index in [1.165, 1.54) is 12.7 Å². The lowest BCUT2D eigenvalue weighted by Gasteiger charge is -2.33. The second-order valence-corrected chi connectivity index (χ2v) is 6.48. The number of carbonyl (C=O) groups is 1. The van der Waals surface area contributed by atoms with Crippen LogP contribution in [0, 0.1) is 0 Å². The highest BCUT2D eigenvalue weighted by molar-refractivity contribution is 5.96. The van der Waals surface area contributed by atoms with Gasteiger partial charge in [-0.2, -0.15) is 0 Å². The third-order valence-electron chi connectivity index (χ3n) is 5.13. The number of aromatic nitrogens is 1. The van der Waals surface area contributed by atoms with Crippen molar-refractivity contribution < 1.29 is 14.3 Å². The molecule has 0 radical (unpaired) electrons. The molecule has 0 aliphatic heterocycles. The molecule has 0 saturated heterocycles. The first kappa shape index (κ1) is 16.6. The Morgan fingerprint density at radius 1 is 1.08 bits per heavy atom. The van der Waals surface area contributed by atoms with Gasteiger partial charge in [0.25, 0.3) is 0 Å². The van der Waals surface area contributed by atoms with Crippen molar-refractivity contribution in [3.63, 3.8) is 0 Å². The molecule has 1 atom stereocenters. The van der Waals surface area contributed by atoms with Gasteiger partial charge >= 0.3 is 5.97 Å². The summed E-state index contributed by atoms with van der Waals surface area (Å²) in [4.78, 5) is 12.8. The molecule has 1 aliphatic carbocycles. The normalized spacial score (nSPS) is 18.7. The van der Waals surface area contributed by atoms with Crippen molar-refractivity contribution in [3.8, 4) is 0 Å². The van der Waals surface area contributed by atoms with Gasteiger partial charge in [-0.3, -0.25) is 0 Å². The Morgan fingerprint density at radius 3 is 2.54 bits per heavy atom. The number of hydrogen-bond acceptors (Lipinski definition) is 3. The van der Waals surface area contributed by atoms with E-state index in [1.54, 1.807) is 7.11 Å². The molecule has 0 fully saturated rings. The van der Waals surface area contributed by atoms with Gasteiger partial charge in [-0.1, -0.05) is 60.7 Å². The van der Waals surface area contributed by atoms with E-state index in [9.17, 15) is 4.79 Å². The Bertz CT molecular complexity index is 987. The summed E-state index contributed by atoms with van der Waals surface area (Å²) in [6, 6.07) is 18.4. The first-order valence-electron chi connectivity index (χ1n) is 8.67. The first-order valence-corrected chi connectivity index (χ1v) is 8.67. The molecule has 1 aromatic heterocycles.